The van der Waals surface area contributed by atoms with Crippen LogP contribution in [0.15, 0.2) is 23.1 Å². The largest absolute Gasteiger partial charge is 0.300 e. The Bertz CT molecular complexity index is 665. The van der Waals surface area contributed by atoms with Gasteiger partial charge in [0.25, 0.3) is 0 Å². The van der Waals surface area contributed by atoms with Gasteiger partial charge in [-0.15, -0.1) is 22.0 Å². The molecule has 3 rings (SSSR count). The summed E-state index contributed by atoms with van der Waals surface area (Å²) in [6.45, 7) is 4.12. The number of nitrogens with one attached hydrogen (secondary N) is 1. The Morgan fingerprint density at radius 3 is 2.95 bits per heavy atom. The molecular formula is C15H17N3OS2. The number of amides is 1. The number of nitrogens with zero attached hydrogens (tertiary/aromatic N) is 2. The van der Waals surface area contributed by atoms with Crippen molar-refractivity contribution in [3.63, 3.8) is 0 Å². The van der Waals surface area contributed by atoms with Gasteiger partial charge >= 0.3 is 0 Å². The van der Waals surface area contributed by atoms with Crippen molar-refractivity contribution in [1.82, 2.24) is 10.2 Å². The summed E-state index contributed by atoms with van der Waals surface area (Å²) in [5.74, 6) is 0.944. The number of thioether (sulfide) groups is 1. The van der Waals surface area contributed by atoms with E-state index in [0.29, 0.717) is 16.8 Å². The summed E-state index contributed by atoms with van der Waals surface area (Å²) in [7, 11) is 0. The molecule has 0 spiro atoms. The molecule has 1 N–H and O–H groups in total. The van der Waals surface area contributed by atoms with Crippen LogP contribution in [0.3, 0.4) is 0 Å². The van der Waals surface area contributed by atoms with E-state index in [1.54, 1.807) is 11.8 Å². The van der Waals surface area contributed by atoms with E-state index in [1.165, 1.54) is 35.3 Å². The number of hydrogen-bond acceptors (Lipinski definition) is 5. The number of aryl methyl sites for hydroxylation is 2. The smallest absolute Gasteiger partial charge is 0.236 e. The van der Waals surface area contributed by atoms with Gasteiger partial charge < -0.3 is 0 Å². The van der Waals surface area contributed by atoms with Gasteiger partial charge in [0.15, 0.2) is 0 Å². The molecule has 1 aliphatic carbocycles. The fourth-order valence-electron chi connectivity index (χ4n) is 1.94. The Morgan fingerprint density at radius 2 is 2.19 bits per heavy atom. The molecule has 0 radical (unpaired) electrons. The molecule has 21 heavy (non-hydrogen) atoms. The Morgan fingerprint density at radius 1 is 1.38 bits per heavy atom. The van der Waals surface area contributed by atoms with E-state index in [-0.39, 0.29) is 5.91 Å². The second kappa shape index (κ2) is 6.15. The Hall–Kier alpha value is -1.40. The van der Waals surface area contributed by atoms with Gasteiger partial charge in [-0.25, -0.2) is 0 Å². The molecule has 1 aliphatic rings. The standard InChI is InChI=1S/C15H17N3OS2/c1-9-3-4-10(2)12(7-9)20-8-13(19)16-15-18-17-14(21-15)11-5-6-11/h3-4,7,11H,5-6,8H2,1-2H3,(H,16,18,19). The third-order valence-corrected chi connectivity index (χ3v) is 5.47. The van der Waals surface area contributed by atoms with Crippen LogP contribution >= 0.6 is 23.1 Å². The van der Waals surface area contributed by atoms with Crippen molar-refractivity contribution in [2.75, 3.05) is 11.1 Å². The topological polar surface area (TPSA) is 54.9 Å². The Labute approximate surface area is 132 Å². The monoisotopic (exact) mass is 319 g/mol. The summed E-state index contributed by atoms with van der Waals surface area (Å²) < 4.78 is 0. The molecule has 0 aliphatic heterocycles. The Kier molecular flexibility index (Phi) is 4.26. The van der Waals surface area contributed by atoms with Crippen molar-refractivity contribution in [1.29, 1.82) is 0 Å². The highest BCUT2D eigenvalue weighted by atomic mass is 32.2. The van der Waals surface area contributed by atoms with Gasteiger partial charge in [0, 0.05) is 10.8 Å². The van der Waals surface area contributed by atoms with Crippen LogP contribution in [-0.4, -0.2) is 21.9 Å². The van der Waals surface area contributed by atoms with Crippen molar-refractivity contribution in [3.8, 4) is 0 Å². The summed E-state index contributed by atoms with van der Waals surface area (Å²) in [4.78, 5) is 13.1. The summed E-state index contributed by atoms with van der Waals surface area (Å²) in [6, 6.07) is 6.28. The predicted molar refractivity (Wildman–Crippen MR) is 87.2 cm³/mol. The van der Waals surface area contributed by atoms with Crippen molar-refractivity contribution in [3.05, 3.63) is 34.3 Å². The average molecular weight is 319 g/mol. The lowest BCUT2D eigenvalue weighted by Gasteiger charge is -2.06. The van der Waals surface area contributed by atoms with Crippen LogP contribution in [0.1, 0.15) is 34.9 Å². The van der Waals surface area contributed by atoms with Gasteiger partial charge in [-0.05, 0) is 38.3 Å². The maximum absolute atomic E-state index is 12.0. The molecule has 4 nitrogen and oxygen atoms in total. The molecule has 1 aromatic heterocycles. The van der Waals surface area contributed by atoms with E-state index in [0.717, 1.165) is 9.90 Å². The van der Waals surface area contributed by atoms with Crippen molar-refractivity contribution >= 4 is 34.1 Å². The highest BCUT2D eigenvalue weighted by Crippen LogP contribution is 2.42. The van der Waals surface area contributed by atoms with E-state index >= 15 is 0 Å². The summed E-state index contributed by atoms with van der Waals surface area (Å²) in [6.07, 6.45) is 2.40. The first-order chi connectivity index (χ1) is 10.1. The molecular weight excluding hydrogens is 302 g/mol. The number of carbonyl (C=O) groups is 1. The zero-order valence-corrected chi connectivity index (χ0v) is 13.7. The molecule has 1 saturated carbocycles. The molecule has 0 atom stereocenters. The minimum atomic E-state index is -0.0283. The van der Waals surface area contributed by atoms with Crippen LogP contribution in [0.4, 0.5) is 5.13 Å². The lowest BCUT2D eigenvalue weighted by atomic mass is 10.2. The molecule has 6 heteroatoms. The maximum atomic E-state index is 12.0. The van der Waals surface area contributed by atoms with Crippen LogP contribution in [0.25, 0.3) is 0 Å². The first-order valence-corrected chi connectivity index (χ1v) is 8.75. The highest BCUT2D eigenvalue weighted by molar-refractivity contribution is 8.00. The van der Waals surface area contributed by atoms with Crippen molar-refractivity contribution in [2.45, 2.75) is 37.5 Å². The zero-order chi connectivity index (χ0) is 14.8. The van der Waals surface area contributed by atoms with Crippen LogP contribution in [0.5, 0.6) is 0 Å². The van der Waals surface area contributed by atoms with Crippen molar-refractivity contribution < 1.29 is 4.79 Å². The lowest BCUT2D eigenvalue weighted by molar-refractivity contribution is -0.113. The normalized spacial score (nSPS) is 14.2. The first-order valence-electron chi connectivity index (χ1n) is 6.95. The third kappa shape index (κ3) is 3.83. The summed E-state index contributed by atoms with van der Waals surface area (Å²) in [5, 5.41) is 12.7. The maximum Gasteiger partial charge on any atom is 0.236 e. The first kappa shape index (κ1) is 14.5. The van der Waals surface area contributed by atoms with E-state index < -0.39 is 0 Å². The van der Waals surface area contributed by atoms with E-state index in [1.807, 2.05) is 0 Å². The average Bonchev–Trinajstić information content (AvgIpc) is 3.21. The molecule has 1 heterocycles. The van der Waals surface area contributed by atoms with Gasteiger partial charge in [0.2, 0.25) is 11.0 Å². The van der Waals surface area contributed by atoms with Gasteiger partial charge in [-0.2, -0.15) is 0 Å². The summed E-state index contributed by atoms with van der Waals surface area (Å²) in [5.41, 5.74) is 2.41. The quantitative estimate of drug-likeness (QED) is 0.853. The van der Waals surface area contributed by atoms with E-state index in [2.05, 4.69) is 47.6 Å². The third-order valence-electron chi connectivity index (χ3n) is 3.32. The number of rotatable bonds is 5. The second-order valence-corrected chi connectivity index (χ2v) is 7.35. The predicted octanol–water partition coefficient (Wildman–Crippen LogP) is 3.76. The fraction of sp³-hybridized carbons (Fsp3) is 0.400. The number of hydrogen-bond donors (Lipinski definition) is 1. The minimum Gasteiger partial charge on any atom is -0.300 e. The molecule has 0 bridgehead atoms. The fourth-order valence-corrected chi connectivity index (χ4v) is 3.79. The second-order valence-electron chi connectivity index (χ2n) is 5.33. The van der Waals surface area contributed by atoms with Crippen LogP contribution < -0.4 is 5.32 Å². The number of benzene rings is 1. The SMILES string of the molecule is Cc1ccc(C)c(SCC(=O)Nc2nnc(C3CC3)s2)c1. The highest BCUT2D eigenvalue weighted by Gasteiger charge is 2.27. The number of anilines is 1. The molecule has 1 fully saturated rings. The van der Waals surface area contributed by atoms with Crippen molar-refractivity contribution in [2.24, 2.45) is 0 Å². The van der Waals surface area contributed by atoms with Gasteiger partial charge in [0.1, 0.15) is 5.01 Å². The van der Waals surface area contributed by atoms with Crippen LogP contribution in [0.2, 0.25) is 0 Å². The van der Waals surface area contributed by atoms with Gasteiger partial charge in [-0.3, -0.25) is 10.1 Å². The molecule has 110 valence electrons. The van der Waals surface area contributed by atoms with Crippen LogP contribution in [-0.2, 0) is 4.79 Å². The molecule has 0 unspecified atom stereocenters. The van der Waals surface area contributed by atoms with Gasteiger partial charge in [-0.1, -0.05) is 29.0 Å². The summed E-state index contributed by atoms with van der Waals surface area (Å²) >= 11 is 3.05. The minimum absolute atomic E-state index is 0.0283. The zero-order valence-electron chi connectivity index (χ0n) is 12.0. The van der Waals surface area contributed by atoms with Crippen LogP contribution in [0, 0.1) is 13.8 Å². The number of carbonyl (C=O) groups excluding carboxylic acids is 1. The molecule has 0 saturated heterocycles. The lowest BCUT2D eigenvalue weighted by Crippen LogP contribution is -2.13. The number of aromatic nitrogens is 2. The molecule has 2 aromatic rings. The Balaban J connectivity index is 1.54. The van der Waals surface area contributed by atoms with E-state index in [9.17, 15) is 4.79 Å². The van der Waals surface area contributed by atoms with Gasteiger partial charge in [0.05, 0.1) is 5.75 Å². The molecule has 1 amide bonds. The van der Waals surface area contributed by atoms with E-state index in [4.69, 9.17) is 0 Å². The molecule has 1 aromatic carbocycles.